The Kier molecular flexibility index (Phi) is 5.51. The summed E-state index contributed by atoms with van der Waals surface area (Å²) in [6, 6.07) is 15.9. The van der Waals surface area contributed by atoms with Crippen molar-refractivity contribution in [3.05, 3.63) is 59.7 Å². The molecule has 2 fully saturated rings. The molecule has 0 bridgehead atoms. The quantitative estimate of drug-likeness (QED) is 0.778. The lowest BCUT2D eigenvalue weighted by Crippen LogP contribution is -2.43. The molecule has 1 spiro atoms. The van der Waals surface area contributed by atoms with Gasteiger partial charge in [0.15, 0.2) is 5.60 Å². The number of piperidine rings is 1. The number of nitrogens with zero attached hydrogens (tertiary/aromatic N) is 2. The van der Waals surface area contributed by atoms with Gasteiger partial charge in [-0.2, -0.15) is 0 Å². The van der Waals surface area contributed by atoms with Crippen LogP contribution in [0.4, 0.5) is 11.4 Å². The molecule has 5 rings (SSSR count). The van der Waals surface area contributed by atoms with Crippen LogP contribution in [0.3, 0.4) is 0 Å². The van der Waals surface area contributed by atoms with Crippen molar-refractivity contribution in [2.45, 2.75) is 57.3 Å². The van der Waals surface area contributed by atoms with E-state index in [1.807, 2.05) is 58.3 Å². The highest BCUT2D eigenvalue weighted by Gasteiger charge is 2.59. The van der Waals surface area contributed by atoms with Gasteiger partial charge in [0, 0.05) is 36.7 Å². The minimum Gasteiger partial charge on any atom is -0.396 e. The third kappa shape index (κ3) is 3.33. The van der Waals surface area contributed by atoms with Crippen LogP contribution in [0.15, 0.2) is 48.5 Å². The number of hydrogen-bond donors (Lipinski definition) is 1. The molecular weight excluding hydrogens is 404 g/mol. The molecule has 2 aromatic carbocycles. The maximum Gasteiger partial charge on any atom is 0.264 e. The van der Waals surface area contributed by atoms with E-state index in [0.29, 0.717) is 19.4 Å². The lowest BCUT2D eigenvalue weighted by molar-refractivity contribution is -0.146. The third-order valence-corrected chi connectivity index (χ3v) is 7.18. The molecule has 32 heavy (non-hydrogen) atoms. The SMILES string of the molecule is C[C@@H]1C[C@H](CCO)O[C@@]12C(=O)N(Cc1ccc(N3CCCCC3=O)cc1)c1ccccc12. The lowest BCUT2D eigenvalue weighted by atomic mass is 9.83. The number of anilines is 2. The molecule has 0 radical (unpaired) electrons. The van der Waals surface area contributed by atoms with Crippen LogP contribution in [-0.4, -0.2) is 36.2 Å². The molecule has 1 N–H and O–H groups in total. The molecule has 2 aromatic rings. The third-order valence-electron chi connectivity index (χ3n) is 7.18. The van der Waals surface area contributed by atoms with E-state index in [-0.39, 0.29) is 30.4 Å². The van der Waals surface area contributed by atoms with Crippen molar-refractivity contribution < 1.29 is 19.4 Å². The molecule has 3 atom stereocenters. The van der Waals surface area contributed by atoms with Gasteiger partial charge in [0.25, 0.3) is 5.91 Å². The molecule has 3 aliphatic rings. The lowest BCUT2D eigenvalue weighted by Gasteiger charge is -2.28. The average Bonchev–Trinajstić information content (AvgIpc) is 3.25. The number of fused-ring (bicyclic) bond motifs is 2. The smallest absolute Gasteiger partial charge is 0.264 e. The monoisotopic (exact) mass is 434 g/mol. The van der Waals surface area contributed by atoms with E-state index in [2.05, 4.69) is 6.92 Å². The number of ether oxygens (including phenoxy) is 1. The van der Waals surface area contributed by atoms with E-state index in [0.717, 1.165) is 48.3 Å². The Morgan fingerprint density at radius 1 is 1.09 bits per heavy atom. The van der Waals surface area contributed by atoms with Crippen molar-refractivity contribution in [1.29, 1.82) is 0 Å². The maximum absolute atomic E-state index is 13.8. The molecular formula is C26H30N2O4. The molecule has 6 heteroatoms. The van der Waals surface area contributed by atoms with Gasteiger partial charge in [-0.15, -0.1) is 0 Å². The van der Waals surface area contributed by atoms with Crippen LogP contribution in [0.2, 0.25) is 0 Å². The van der Waals surface area contributed by atoms with Crippen molar-refractivity contribution in [2.24, 2.45) is 5.92 Å². The van der Waals surface area contributed by atoms with Crippen LogP contribution in [0, 0.1) is 5.92 Å². The Labute approximate surface area is 188 Å². The van der Waals surface area contributed by atoms with E-state index < -0.39 is 5.60 Å². The van der Waals surface area contributed by atoms with E-state index in [4.69, 9.17) is 4.74 Å². The largest absolute Gasteiger partial charge is 0.396 e. The average molecular weight is 435 g/mol. The maximum atomic E-state index is 13.8. The molecule has 2 amide bonds. The normalized spacial score (nSPS) is 27.4. The fraction of sp³-hybridized carbons (Fsp3) is 0.462. The van der Waals surface area contributed by atoms with Crippen LogP contribution >= 0.6 is 0 Å². The Hall–Kier alpha value is -2.70. The second-order valence-electron chi connectivity index (χ2n) is 9.20. The molecule has 0 unspecified atom stereocenters. The van der Waals surface area contributed by atoms with E-state index >= 15 is 0 Å². The fourth-order valence-electron chi connectivity index (χ4n) is 5.55. The van der Waals surface area contributed by atoms with Crippen molar-refractivity contribution in [3.8, 4) is 0 Å². The number of amides is 2. The zero-order valence-corrected chi connectivity index (χ0v) is 18.5. The van der Waals surface area contributed by atoms with Crippen LogP contribution in [-0.2, 0) is 26.5 Å². The van der Waals surface area contributed by atoms with Gasteiger partial charge in [-0.05, 0) is 49.4 Å². The van der Waals surface area contributed by atoms with E-state index in [1.165, 1.54) is 0 Å². The number of hydrogen-bond acceptors (Lipinski definition) is 4. The van der Waals surface area contributed by atoms with Crippen LogP contribution in [0.1, 0.15) is 50.2 Å². The van der Waals surface area contributed by atoms with Crippen molar-refractivity contribution in [1.82, 2.24) is 0 Å². The van der Waals surface area contributed by atoms with Crippen molar-refractivity contribution in [2.75, 3.05) is 23.0 Å². The zero-order valence-electron chi connectivity index (χ0n) is 18.5. The first kappa shape index (κ1) is 21.2. The highest BCUT2D eigenvalue weighted by Crippen LogP contribution is 2.53. The molecule has 0 aliphatic carbocycles. The summed E-state index contributed by atoms with van der Waals surface area (Å²) in [4.78, 5) is 29.7. The summed E-state index contributed by atoms with van der Waals surface area (Å²) >= 11 is 0. The standard InChI is InChI=1S/C26H30N2O4/c1-18-16-21(13-15-29)32-26(18)22-6-2-3-7-23(22)28(25(26)31)17-19-9-11-20(12-10-19)27-14-5-4-8-24(27)30/h2-3,6-7,9-12,18,21,29H,4-5,8,13-17H2,1H3/t18-,21+,26+/m1/s1. The Morgan fingerprint density at radius 3 is 2.62 bits per heavy atom. The summed E-state index contributed by atoms with van der Waals surface area (Å²) in [7, 11) is 0. The van der Waals surface area contributed by atoms with Gasteiger partial charge in [0.1, 0.15) is 0 Å². The highest BCUT2D eigenvalue weighted by molar-refractivity contribution is 6.07. The Morgan fingerprint density at radius 2 is 1.88 bits per heavy atom. The van der Waals surface area contributed by atoms with Crippen molar-refractivity contribution >= 4 is 23.2 Å². The minimum atomic E-state index is -0.976. The van der Waals surface area contributed by atoms with E-state index in [1.54, 1.807) is 0 Å². The second kappa shape index (κ2) is 8.34. The molecule has 6 nitrogen and oxygen atoms in total. The van der Waals surface area contributed by atoms with Gasteiger partial charge in [0.2, 0.25) is 5.91 Å². The number of carbonyl (C=O) groups is 2. The predicted octanol–water partition coefficient (Wildman–Crippen LogP) is 3.75. The van der Waals surface area contributed by atoms with Gasteiger partial charge in [-0.25, -0.2) is 0 Å². The molecule has 2 saturated heterocycles. The van der Waals surface area contributed by atoms with E-state index in [9.17, 15) is 14.7 Å². The predicted molar refractivity (Wildman–Crippen MR) is 122 cm³/mol. The summed E-state index contributed by atoms with van der Waals surface area (Å²) < 4.78 is 6.38. The molecule has 3 heterocycles. The number of rotatable bonds is 5. The topological polar surface area (TPSA) is 70.1 Å². The molecule has 3 aliphatic heterocycles. The number of aliphatic hydroxyl groups excluding tert-OH is 1. The van der Waals surface area contributed by atoms with Crippen LogP contribution in [0.25, 0.3) is 0 Å². The Balaban J connectivity index is 1.41. The van der Waals surface area contributed by atoms with Gasteiger partial charge in [0.05, 0.1) is 18.3 Å². The summed E-state index contributed by atoms with van der Waals surface area (Å²) in [5, 5.41) is 9.39. The number of para-hydroxylation sites is 1. The fourth-order valence-corrected chi connectivity index (χ4v) is 5.55. The second-order valence-corrected chi connectivity index (χ2v) is 9.20. The molecule has 0 saturated carbocycles. The van der Waals surface area contributed by atoms with Gasteiger partial charge >= 0.3 is 0 Å². The Bertz CT molecular complexity index is 1020. The minimum absolute atomic E-state index is 0.0260. The van der Waals surface area contributed by atoms with Crippen molar-refractivity contribution in [3.63, 3.8) is 0 Å². The number of aliphatic hydroxyl groups is 1. The van der Waals surface area contributed by atoms with Gasteiger partial charge < -0.3 is 19.6 Å². The summed E-state index contributed by atoms with van der Waals surface area (Å²) in [6.45, 7) is 3.34. The van der Waals surface area contributed by atoms with Gasteiger partial charge in [-0.1, -0.05) is 37.3 Å². The van der Waals surface area contributed by atoms with Gasteiger partial charge in [-0.3, -0.25) is 9.59 Å². The summed E-state index contributed by atoms with van der Waals surface area (Å²) in [5.74, 6) is 0.187. The molecule has 168 valence electrons. The summed E-state index contributed by atoms with van der Waals surface area (Å²) in [6.07, 6.45) is 3.78. The first-order valence-electron chi connectivity index (χ1n) is 11.6. The first-order chi connectivity index (χ1) is 15.5. The molecule has 0 aromatic heterocycles. The first-order valence-corrected chi connectivity index (χ1v) is 11.6. The highest BCUT2D eigenvalue weighted by atomic mass is 16.5. The number of carbonyl (C=O) groups excluding carboxylic acids is 2. The summed E-state index contributed by atoms with van der Waals surface area (Å²) in [5.41, 5.74) is 2.77. The zero-order chi connectivity index (χ0) is 22.3. The number of benzene rings is 2. The van der Waals surface area contributed by atoms with Crippen LogP contribution < -0.4 is 9.80 Å². The van der Waals surface area contributed by atoms with Crippen LogP contribution in [0.5, 0.6) is 0 Å².